The molecule has 6 heteroatoms. The van der Waals surface area contributed by atoms with Gasteiger partial charge in [-0.3, -0.25) is 9.69 Å². The Hall–Kier alpha value is -2.73. The van der Waals surface area contributed by atoms with Crippen LogP contribution in [0.2, 0.25) is 0 Å². The number of carbonyl (C=O) groups is 1. The van der Waals surface area contributed by atoms with Gasteiger partial charge in [0.2, 0.25) is 11.0 Å². The second-order valence-electron chi connectivity index (χ2n) is 7.98. The maximum absolute atomic E-state index is 12.6. The van der Waals surface area contributed by atoms with E-state index in [0.717, 1.165) is 21.9 Å². The molecule has 0 spiro atoms. The van der Waals surface area contributed by atoms with E-state index in [1.165, 1.54) is 16.9 Å². The molecular weight excluding hydrogens is 382 g/mol. The van der Waals surface area contributed by atoms with E-state index in [9.17, 15) is 4.79 Å². The third-order valence-electron chi connectivity index (χ3n) is 4.87. The van der Waals surface area contributed by atoms with Gasteiger partial charge in [-0.1, -0.05) is 74.6 Å². The van der Waals surface area contributed by atoms with Crippen molar-refractivity contribution >= 4 is 22.4 Å². The molecule has 3 aromatic rings. The van der Waals surface area contributed by atoms with Crippen LogP contribution >= 0.6 is 11.3 Å². The van der Waals surface area contributed by atoms with Crippen molar-refractivity contribution in [2.45, 2.75) is 39.0 Å². The van der Waals surface area contributed by atoms with Crippen LogP contribution in [0, 0.1) is 0 Å². The number of benzene rings is 2. The Bertz CT molecular complexity index is 974. The highest BCUT2D eigenvalue weighted by molar-refractivity contribution is 7.18. The second kappa shape index (κ2) is 8.74. The van der Waals surface area contributed by atoms with Crippen LogP contribution in [0.3, 0.4) is 0 Å². The number of aromatic nitrogens is 2. The zero-order chi connectivity index (χ0) is 21.0. The third kappa shape index (κ3) is 5.01. The molecule has 0 unspecified atom stereocenters. The van der Waals surface area contributed by atoms with Crippen LogP contribution in [0.4, 0.5) is 5.13 Å². The number of aryl methyl sites for hydroxylation is 1. The molecule has 0 aliphatic carbocycles. The van der Waals surface area contributed by atoms with Crippen molar-refractivity contribution in [3.05, 3.63) is 59.7 Å². The van der Waals surface area contributed by atoms with Crippen LogP contribution in [0.15, 0.2) is 48.5 Å². The summed E-state index contributed by atoms with van der Waals surface area (Å²) in [7, 11) is 3.39. The van der Waals surface area contributed by atoms with Crippen molar-refractivity contribution in [3.63, 3.8) is 0 Å². The van der Waals surface area contributed by atoms with Crippen LogP contribution in [0.25, 0.3) is 10.6 Å². The zero-order valence-corrected chi connectivity index (χ0v) is 18.4. The number of nitrogens with zero attached hydrogens (tertiary/aromatic N) is 3. The number of methoxy groups -OCH3 is 1. The Morgan fingerprint density at radius 2 is 1.76 bits per heavy atom. The zero-order valence-electron chi connectivity index (χ0n) is 17.6. The minimum atomic E-state index is 0.00156. The average Bonchev–Trinajstić information content (AvgIpc) is 3.21. The molecule has 0 aliphatic rings. The van der Waals surface area contributed by atoms with Gasteiger partial charge in [-0.05, 0) is 29.0 Å². The number of ether oxygens (including phenoxy) is 1. The highest BCUT2D eigenvalue weighted by Crippen LogP contribution is 2.31. The fraction of sp³-hybridized carbons (Fsp3) is 0.348. The molecule has 1 aromatic heterocycles. The van der Waals surface area contributed by atoms with Crippen molar-refractivity contribution < 1.29 is 9.53 Å². The third-order valence-corrected chi connectivity index (χ3v) is 5.92. The summed E-state index contributed by atoms with van der Waals surface area (Å²) in [6.07, 6.45) is 0.999. The molecule has 0 saturated heterocycles. The van der Waals surface area contributed by atoms with E-state index in [2.05, 4.69) is 55.2 Å². The van der Waals surface area contributed by atoms with Gasteiger partial charge >= 0.3 is 0 Å². The predicted molar refractivity (Wildman–Crippen MR) is 119 cm³/mol. The number of rotatable bonds is 6. The largest absolute Gasteiger partial charge is 0.496 e. The lowest BCUT2D eigenvalue weighted by Gasteiger charge is -2.18. The predicted octanol–water partition coefficient (Wildman–Crippen LogP) is 5.11. The molecule has 0 bridgehead atoms. The summed E-state index contributed by atoms with van der Waals surface area (Å²) in [5, 5.41) is 9.92. The molecule has 152 valence electrons. The number of carbonyl (C=O) groups excluding carboxylic acids is 1. The first-order valence-corrected chi connectivity index (χ1v) is 10.4. The maximum atomic E-state index is 12.6. The van der Waals surface area contributed by atoms with E-state index < -0.39 is 0 Å². The Labute approximate surface area is 176 Å². The summed E-state index contributed by atoms with van der Waals surface area (Å²) in [5.41, 5.74) is 3.42. The summed E-state index contributed by atoms with van der Waals surface area (Å²) in [6.45, 7) is 6.57. The molecular formula is C23H27N3O2S. The summed E-state index contributed by atoms with van der Waals surface area (Å²) in [4.78, 5) is 14.2. The van der Waals surface area contributed by atoms with Crippen LogP contribution in [0.1, 0.15) is 38.3 Å². The van der Waals surface area contributed by atoms with Crippen molar-refractivity contribution in [3.8, 4) is 16.3 Å². The van der Waals surface area contributed by atoms with Gasteiger partial charge in [-0.15, -0.1) is 10.2 Å². The number of anilines is 1. The molecule has 0 radical (unpaired) electrons. The lowest BCUT2D eigenvalue weighted by Crippen LogP contribution is -2.26. The minimum absolute atomic E-state index is 0.00156. The first-order valence-electron chi connectivity index (χ1n) is 9.62. The van der Waals surface area contributed by atoms with Gasteiger partial charge < -0.3 is 4.74 Å². The van der Waals surface area contributed by atoms with Gasteiger partial charge in [0, 0.05) is 19.0 Å². The molecule has 0 fully saturated rings. The van der Waals surface area contributed by atoms with Gasteiger partial charge in [0.25, 0.3) is 0 Å². The summed E-state index contributed by atoms with van der Waals surface area (Å²) in [6, 6.07) is 16.1. The second-order valence-corrected chi connectivity index (χ2v) is 8.94. The molecule has 29 heavy (non-hydrogen) atoms. The van der Waals surface area contributed by atoms with E-state index in [0.29, 0.717) is 18.0 Å². The highest BCUT2D eigenvalue weighted by Gasteiger charge is 2.18. The Kier molecular flexibility index (Phi) is 6.33. The number of hydrogen-bond acceptors (Lipinski definition) is 5. The molecule has 5 nitrogen and oxygen atoms in total. The Balaban J connectivity index is 1.67. The van der Waals surface area contributed by atoms with Crippen molar-refractivity contribution in [2.75, 3.05) is 19.1 Å². The standard InChI is InChI=1S/C23H27N3O2S/c1-23(2,3)18-13-10-17(11-14-18)21-24-25-22(29-21)26(4)20(27)15-12-16-8-6-7-9-19(16)28-5/h6-11,13-14H,12,15H2,1-5H3. The van der Waals surface area contributed by atoms with Crippen molar-refractivity contribution in [1.82, 2.24) is 10.2 Å². The maximum Gasteiger partial charge on any atom is 0.228 e. The van der Waals surface area contributed by atoms with Gasteiger partial charge in [0.1, 0.15) is 10.8 Å². The first-order chi connectivity index (χ1) is 13.8. The van der Waals surface area contributed by atoms with Crippen molar-refractivity contribution in [2.24, 2.45) is 0 Å². The normalized spacial score (nSPS) is 11.3. The smallest absolute Gasteiger partial charge is 0.228 e. The molecule has 1 amide bonds. The number of amides is 1. The van der Waals surface area contributed by atoms with Gasteiger partial charge in [-0.25, -0.2) is 0 Å². The Morgan fingerprint density at radius 3 is 2.41 bits per heavy atom. The van der Waals surface area contributed by atoms with E-state index in [-0.39, 0.29) is 11.3 Å². The summed E-state index contributed by atoms with van der Waals surface area (Å²) < 4.78 is 5.36. The molecule has 0 N–H and O–H groups in total. The highest BCUT2D eigenvalue weighted by atomic mass is 32.1. The molecule has 0 saturated carbocycles. The van der Waals surface area contributed by atoms with E-state index in [4.69, 9.17) is 4.74 Å². The minimum Gasteiger partial charge on any atom is -0.496 e. The fourth-order valence-corrected chi connectivity index (χ4v) is 3.83. The number of para-hydroxylation sites is 1. The van der Waals surface area contributed by atoms with Gasteiger partial charge in [-0.2, -0.15) is 0 Å². The van der Waals surface area contributed by atoms with E-state index in [1.54, 1.807) is 19.1 Å². The van der Waals surface area contributed by atoms with Crippen LogP contribution in [-0.4, -0.2) is 30.3 Å². The van der Waals surface area contributed by atoms with Crippen LogP contribution in [-0.2, 0) is 16.6 Å². The first kappa shape index (κ1) is 21.0. The SMILES string of the molecule is COc1ccccc1CCC(=O)N(C)c1nnc(-c2ccc(C(C)(C)C)cc2)s1. The van der Waals surface area contributed by atoms with Crippen molar-refractivity contribution in [1.29, 1.82) is 0 Å². The molecule has 3 rings (SSSR count). The topological polar surface area (TPSA) is 55.3 Å². The average molecular weight is 410 g/mol. The summed E-state index contributed by atoms with van der Waals surface area (Å²) in [5.74, 6) is 0.807. The lowest BCUT2D eigenvalue weighted by molar-refractivity contribution is -0.118. The fourth-order valence-electron chi connectivity index (χ4n) is 3.01. The Morgan fingerprint density at radius 1 is 1.07 bits per heavy atom. The van der Waals surface area contributed by atoms with E-state index in [1.807, 2.05) is 24.3 Å². The van der Waals surface area contributed by atoms with Crippen LogP contribution < -0.4 is 9.64 Å². The van der Waals surface area contributed by atoms with Gasteiger partial charge in [0.05, 0.1) is 7.11 Å². The molecule has 2 aromatic carbocycles. The molecule has 0 aliphatic heterocycles. The number of hydrogen-bond donors (Lipinski definition) is 0. The van der Waals surface area contributed by atoms with Crippen LogP contribution in [0.5, 0.6) is 5.75 Å². The quantitative estimate of drug-likeness (QED) is 0.568. The van der Waals surface area contributed by atoms with E-state index >= 15 is 0 Å². The summed E-state index contributed by atoms with van der Waals surface area (Å²) >= 11 is 1.42. The van der Waals surface area contributed by atoms with Gasteiger partial charge in [0.15, 0.2) is 0 Å². The molecule has 0 atom stereocenters. The lowest BCUT2D eigenvalue weighted by atomic mass is 9.87. The molecule has 1 heterocycles. The monoisotopic (exact) mass is 409 g/mol.